The van der Waals surface area contributed by atoms with Crippen molar-refractivity contribution in [3.05, 3.63) is 20.3 Å². The molecule has 2 N–H and O–H groups in total. The van der Waals surface area contributed by atoms with Gasteiger partial charge in [0.15, 0.2) is 0 Å². The molecule has 1 heterocycles. The molecule has 1 nitrogen and oxygen atoms in total. The SMILES string of the molecule is Cc1cc([C@H](N)C(F)(F)C(F)(F)F)sc1Br. The number of rotatable bonds is 2. The normalized spacial score (nSPS) is 15.2. The van der Waals surface area contributed by atoms with Crippen molar-refractivity contribution in [1.82, 2.24) is 0 Å². The van der Waals surface area contributed by atoms with E-state index in [9.17, 15) is 22.0 Å². The fourth-order valence-electron chi connectivity index (χ4n) is 0.992. The Morgan fingerprint density at radius 3 is 2.12 bits per heavy atom. The van der Waals surface area contributed by atoms with Crippen LogP contribution in [0.25, 0.3) is 0 Å². The third kappa shape index (κ3) is 2.38. The minimum absolute atomic E-state index is 0.202. The summed E-state index contributed by atoms with van der Waals surface area (Å²) in [6.45, 7) is 1.59. The van der Waals surface area contributed by atoms with Crippen LogP contribution in [0.2, 0.25) is 0 Å². The van der Waals surface area contributed by atoms with Crippen LogP contribution in [0.15, 0.2) is 9.85 Å². The van der Waals surface area contributed by atoms with Crippen LogP contribution < -0.4 is 5.73 Å². The van der Waals surface area contributed by atoms with Crippen LogP contribution in [0.5, 0.6) is 0 Å². The molecule has 1 atom stereocenters. The van der Waals surface area contributed by atoms with Crippen molar-refractivity contribution >= 4 is 27.3 Å². The van der Waals surface area contributed by atoms with Crippen LogP contribution in [0.4, 0.5) is 22.0 Å². The first kappa shape index (κ1) is 13.9. The molecule has 0 spiro atoms. The summed E-state index contributed by atoms with van der Waals surface area (Å²) in [5, 5.41) is 0. The molecule has 0 aliphatic carbocycles. The Labute approximate surface area is 101 Å². The zero-order chi connectivity index (χ0) is 12.7. The first-order chi connectivity index (χ1) is 7.07. The highest BCUT2D eigenvalue weighted by Crippen LogP contribution is 2.45. The van der Waals surface area contributed by atoms with Gasteiger partial charge in [0.2, 0.25) is 0 Å². The number of alkyl halides is 5. The lowest BCUT2D eigenvalue weighted by Crippen LogP contribution is -2.45. The Kier molecular flexibility index (Phi) is 3.66. The highest BCUT2D eigenvalue weighted by molar-refractivity contribution is 9.11. The molecule has 0 fully saturated rings. The van der Waals surface area contributed by atoms with E-state index in [1.54, 1.807) is 6.92 Å². The fourth-order valence-corrected chi connectivity index (χ4v) is 2.60. The molecule has 0 aliphatic heterocycles. The molecule has 0 aliphatic rings. The van der Waals surface area contributed by atoms with Crippen molar-refractivity contribution in [2.24, 2.45) is 5.73 Å². The fraction of sp³-hybridized carbons (Fsp3) is 0.500. The summed E-state index contributed by atoms with van der Waals surface area (Å²) in [6.07, 6.45) is -5.64. The minimum Gasteiger partial charge on any atom is -0.318 e. The first-order valence-electron chi connectivity index (χ1n) is 4.03. The zero-order valence-corrected chi connectivity index (χ0v) is 10.3. The van der Waals surface area contributed by atoms with Gasteiger partial charge in [-0.15, -0.1) is 11.3 Å². The van der Waals surface area contributed by atoms with E-state index >= 15 is 0 Å². The van der Waals surface area contributed by atoms with Gasteiger partial charge >= 0.3 is 12.1 Å². The maximum absolute atomic E-state index is 12.9. The second-order valence-electron chi connectivity index (χ2n) is 3.20. The Hall–Kier alpha value is -0.210. The molecule has 0 saturated heterocycles. The lowest BCUT2D eigenvalue weighted by atomic mass is 10.1. The van der Waals surface area contributed by atoms with E-state index in [1.165, 1.54) is 6.07 Å². The largest absolute Gasteiger partial charge is 0.455 e. The Bertz CT molecular complexity index is 367. The summed E-state index contributed by atoms with van der Waals surface area (Å²) < 4.78 is 62.4. The van der Waals surface area contributed by atoms with Gasteiger partial charge < -0.3 is 5.73 Å². The number of hydrogen-bond donors (Lipinski definition) is 1. The average Bonchev–Trinajstić information content (AvgIpc) is 2.43. The summed E-state index contributed by atoms with van der Waals surface area (Å²) in [5.41, 5.74) is 5.54. The summed E-state index contributed by atoms with van der Waals surface area (Å²) in [6, 6.07) is -1.15. The molecule has 0 amide bonds. The lowest BCUT2D eigenvalue weighted by Gasteiger charge is -2.24. The highest BCUT2D eigenvalue weighted by atomic mass is 79.9. The van der Waals surface area contributed by atoms with E-state index in [2.05, 4.69) is 15.9 Å². The number of hydrogen-bond acceptors (Lipinski definition) is 2. The van der Waals surface area contributed by atoms with E-state index in [0.29, 0.717) is 9.35 Å². The second kappa shape index (κ2) is 4.23. The smallest absolute Gasteiger partial charge is 0.318 e. The molecule has 92 valence electrons. The first-order valence-corrected chi connectivity index (χ1v) is 5.64. The van der Waals surface area contributed by atoms with Crippen LogP contribution in [-0.4, -0.2) is 12.1 Å². The Morgan fingerprint density at radius 2 is 1.81 bits per heavy atom. The molecule has 0 unspecified atom stereocenters. The second-order valence-corrected chi connectivity index (χ2v) is 5.61. The van der Waals surface area contributed by atoms with Crippen LogP contribution >= 0.6 is 27.3 Å². The van der Waals surface area contributed by atoms with E-state index in [4.69, 9.17) is 5.73 Å². The summed E-state index contributed by atoms with van der Waals surface area (Å²) in [4.78, 5) is -0.202. The molecule has 0 radical (unpaired) electrons. The van der Waals surface area contributed by atoms with Crippen LogP contribution in [0, 0.1) is 6.92 Å². The van der Waals surface area contributed by atoms with Crippen molar-refractivity contribution < 1.29 is 22.0 Å². The van der Waals surface area contributed by atoms with Crippen LogP contribution in [0.3, 0.4) is 0 Å². The molecule has 16 heavy (non-hydrogen) atoms. The molecule has 8 heteroatoms. The standard InChI is InChI=1S/C8H7BrF5NS/c1-3-2-4(16-6(3)9)5(15)7(10,11)8(12,13)14/h2,5H,15H2,1H3/t5-/m0/s1. The van der Waals surface area contributed by atoms with Crippen molar-refractivity contribution in [1.29, 1.82) is 0 Å². The Balaban J connectivity index is 3.07. The molecule has 0 saturated carbocycles. The summed E-state index contributed by atoms with van der Waals surface area (Å²) in [5.74, 6) is -4.93. The van der Waals surface area contributed by atoms with Gasteiger partial charge in [-0.2, -0.15) is 22.0 Å². The quantitative estimate of drug-likeness (QED) is 0.817. The van der Waals surface area contributed by atoms with E-state index < -0.39 is 18.1 Å². The van der Waals surface area contributed by atoms with E-state index in [-0.39, 0.29) is 4.88 Å². The number of thiophene rings is 1. The van der Waals surface area contributed by atoms with Crippen molar-refractivity contribution in [2.75, 3.05) is 0 Å². The van der Waals surface area contributed by atoms with Gasteiger partial charge in [0.05, 0.1) is 3.79 Å². The molecule has 1 rings (SSSR count). The predicted molar refractivity (Wildman–Crippen MR) is 54.7 cm³/mol. The van der Waals surface area contributed by atoms with Gasteiger partial charge in [0.1, 0.15) is 6.04 Å². The highest BCUT2D eigenvalue weighted by Gasteiger charge is 2.62. The lowest BCUT2D eigenvalue weighted by molar-refractivity contribution is -0.290. The Morgan fingerprint density at radius 1 is 1.31 bits per heavy atom. The average molecular weight is 324 g/mol. The van der Waals surface area contributed by atoms with Crippen molar-refractivity contribution in [3.8, 4) is 0 Å². The minimum atomic E-state index is -5.64. The topological polar surface area (TPSA) is 26.0 Å². The number of aryl methyl sites for hydroxylation is 1. The third-order valence-corrected chi connectivity index (χ3v) is 4.17. The molecular weight excluding hydrogens is 317 g/mol. The van der Waals surface area contributed by atoms with E-state index in [0.717, 1.165) is 11.3 Å². The van der Waals surface area contributed by atoms with E-state index in [1.807, 2.05) is 0 Å². The maximum atomic E-state index is 12.9. The van der Waals surface area contributed by atoms with Crippen molar-refractivity contribution in [2.45, 2.75) is 25.1 Å². The van der Waals surface area contributed by atoms with Gasteiger partial charge in [0.25, 0.3) is 0 Å². The molecule has 1 aromatic rings. The van der Waals surface area contributed by atoms with Crippen LogP contribution in [0.1, 0.15) is 16.5 Å². The summed E-state index contributed by atoms with van der Waals surface area (Å²) >= 11 is 3.82. The third-order valence-electron chi connectivity index (χ3n) is 1.95. The number of nitrogens with two attached hydrogens (primary N) is 1. The molecular formula is C8H7BrF5NS. The molecule has 0 bridgehead atoms. The van der Waals surface area contributed by atoms with Crippen molar-refractivity contribution in [3.63, 3.8) is 0 Å². The molecule has 0 aromatic carbocycles. The van der Waals surface area contributed by atoms with Gasteiger partial charge in [-0.1, -0.05) is 0 Å². The molecule has 1 aromatic heterocycles. The predicted octanol–water partition coefficient (Wildman–Crippen LogP) is 4.02. The van der Waals surface area contributed by atoms with Gasteiger partial charge in [0, 0.05) is 4.88 Å². The maximum Gasteiger partial charge on any atom is 0.455 e. The van der Waals surface area contributed by atoms with Gasteiger partial charge in [-0.05, 0) is 34.5 Å². The zero-order valence-electron chi connectivity index (χ0n) is 7.91. The number of halogens is 6. The summed E-state index contributed by atoms with van der Waals surface area (Å²) in [7, 11) is 0. The van der Waals surface area contributed by atoms with Gasteiger partial charge in [-0.25, -0.2) is 0 Å². The monoisotopic (exact) mass is 323 g/mol. The van der Waals surface area contributed by atoms with Gasteiger partial charge in [-0.3, -0.25) is 0 Å². The van der Waals surface area contributed by atoms with Crippen LogP contribution in [-0.2, 0) is 0 Å².